The Kier molecular flexibility index (Phi) is 10.7. The van der Waals surface area contributed by atoms with Gasteiger partial charge in [0.05, 0.1) is 48.4 Å². The third kappa shape index (κ3) is 8.72. The molecule has 0 N–H and O–H groups in total. The van der Waals surface area contributed by atoms with Gasteiger partial charge in [-0.15, -0.1) is 0 Å². The second kappa shape index (κ2) is 15.2. The van der Waals surface area contributed by atoms with Crippen LogP contribution in [0.1, 0.15) is 84.5 Å². The fourth-order valence-corrected chi connectivity index (χ4v) is 5.62. The second-order valence-electron chi connectivity index (χ2n) is 11.2. The predicted octanol–water partition coefficient (Wildman–Crippen LogP) is 5.00. The van der Waals surface area contributed by atoms with E-state index in [2.05, 4.69) is 42.5 Å². The fourth-order valence-electron chi connectivity index (χ4n) is 5.62. The molecule has 0 saturated heterocycles. The van der Waals surface area contributed by atoms with Crippen molar-refractivity contribution in [3.63, 3.8) is 0 Å². The Hall–Kier alpha value is -4.60. The van der Waals surface area contributed by atoms with E-state index in [1.54, 1.807) is 26.4 Å². The van der Waals surface area contributed by atoms with Crippen LogP contribution in [-0.2, 0) is 35.3 Å². The van der Waals surface area contributed by atoms with Crippen molar-refractivity contribution in [3.8, 4) is 11.8 Å². The smallest absolute Gasteiger partial charge is 0.213 e. The summed E-state index contributed by atoms with van der Waals surface area (Å²) in [5.41, 5.74) is 5.00. The predicted molar refractivity (Wildman–Crippen MR) is 164 cm³/mol. The highest BCUT2D eigenvalue weighted by molar-refractivity contribution is 5.81. The molecule has 0 radical (unpaired) electrons. The number of carbonyl (C=O) groups excluding carboxylic acids is 2. The van der Waals surface area contributed by atoms with E-state index in [0.717, 1.165) is 48.5 Å². The Bertz CT molecular complexity index is 1430. The lowest BCUT2D eigenvalue weighted by molar-refractivity contribution is -0.119. The number of hydrogen-bond acceptors (Lipinski definition) is 10. The van der Waals surface area contributed by atoms with E-state index in [9.17, 15) is 9.59 Å². The first kappa shape index (κ1) is 30.8. The van der Waals surface area contributed by atoms with Crippen LogP contribution in [0.2, 0.25) is 0 Å². The topological polar surface area (TPSA) is 130 Å². The number of rotatable bonds is 14. The van der Waals surface area contributed by atoms with Crippen molar-refractivity contribution in [2.24, 2.45) is 0 Å². The zero-order chi connectivity index (χ0) is 30.7. The molecule has 0 aromatic carbocycles. The molecule has 1 aliphatic rings. The highest BCUT2D eigenvalue weighted by atomic mass is 16.5. The number of aryl methyl sites for hydroxylation is 2. The molecule has 4 aromatic rings. The van der Waals surface area contributed by atoms with Gasteiger partial charge in [0.25, 0.3) is 0 Å². The average Bonchev–Trinajstić information content (AvgIpc) is 3.07. The molecule has 0 aliphatic heterocycles. The lowest BCUT2D eigenvalue weighted by Crippen LogP contribution is -2.16. The molecule has 0 bridgehead atoms. The fraction of sp³-hybridized carbons (Fsp3) is 0.412. The average molecular weight is 595 g/mol. The van der Waals surface area contributed by atoms with E-state index < -0.39 is 0 Å². The largest absolute Gasteiger partial charge is 0.481 e. The molecular formula is C34H38N6O4. The lowest BCUT2D eigenvalue weighted by atomic mass is 9.78. The van der Waals surface area contributed by atoms with Crippen LogP contribution in [0, 0.1) is 0 Å². The highest BCUT2D eigenvalue weighted by Gasteiger charge is 2.27. The van der Waals surface area contributed by atoms with E-state index in [1.807, 2.05) is 36.4 Å². The maximum absolute atomic E-state index is 12.5. The van der Waals surface area contributed by atoms with Gasteiger partial charge in [-0.1, -0.05) is 18.6 Å². The SMILES string of the molecule is COc1cccc(CC(=O)CCc2ccc(C3CCCC(c4ccc(CCC(=O)Cc5cccc(OC)n5)nn4)C3)nn2)n1. The standard InChI is InChI=1S/C34H38N6O4/c1-43-33-10-4-8-27(35-33)21-29(41)16-12-25-14-18-31(39-37-25)23-6-3-7-24(20-23)32-19-15-26(38-40-32)13-17-30(42)22-28-9-5-11-34(36-28)44-2/h4-5,8-11,14-15,18-19,23-24H,3,6-7,12-13,16-17,20-22H2,1-2H3. The van der Waals surface area contributed by atoms with Crippen LogP contribution >= 0.6 is 0 Å². The molecule has 1 saturated carbocycles. The molecule has 1 fully saturated rings. The minimum atomic E-state index is 0.107. The number of ketones is 2. The summed E-state index contributed by atoms with van der Waals surface area (Å²) in [6.45, 7) is 0. The van der Waals surface area contributed by atoms with Crippen molar-refractivity contribution in [1.82, 2.24) is 30.4 Å². The molecule has 0 amide bonds. The van der Waals surface area contributed by atoms with Gasteiger partial charge in [-0.3, -0.25) is 9.59 Å². The number of pyridine rings is 2. The Morgan fingerprint density at radius 1 is 0.636 bits per heavy atom. The molecule has 2 unspecified atom stereocenters. The molecular weight excluding hydrogens is 556 g/mol. The Morgan fingerprint density at radius 2 is 1.11 bits per heavy atom. The van der Waals surface area contributed by atoms with Crippen molar-refractivity contribution < 1.29 is 19.1 Å². The summed E-state index contributed by atoms with van der Waals surface area (Å²) in [4.78, 5) is 33.6. The Balaban J connectivity index is 1.08. The number of aromatic nitrogens is 6. The molecule has 10 heteroatoms. The minimum Gasteiger partial charge on any atom is -0.481 e. The number of ether oxygens (including phenoxy) is 2. The normalized spacial score (nSPS) is 16.3. The van der Waals surface area contributed by atoms with E-state index in [1.165, 1.54) is 0 Å². The number of hydrogen-bond donors (Lipinski definition) is 0. The maximum atomic E-state index is 12.5. The quantitative estimate of drug-likeness (QED) is 0.196. The lowest BCUT2D eigenvalue weighted by Gasteiger charge is -2.28. The molecule has 0 spiro atoms. The van der Waals surface area contributed by atoms with Crippen molar-refractivity contribution in [2.75, 3.05) is 14.2 Å². The highest BCUT2D eigenvalue weighted by Crippen LogP contribution is 2.39. The number of carbonyl (C=O) groups is 2. The van der Waals surface area contributed by atoms with E-state index >= 15 is 0 Å². The van der Waals surface area contributed by atoms with Gasteiger partial charge in [-0.25, -0.2) is 9.97 Å². The van der Waals surface area contributed by atoms with E-state index in [-0.39, 0.29) is 24.4 Å². The summed E-state index contributed by atoms with van der Waals surface area (Å²) in [6, 6.07) is 19.0. The monoisotopic (exact) mass is 594 g/mol. The van der Waals surface area contributed by atoms with Gasteiger partial charge in [-0.2, -0.15) is 20.4 Å². The van der Waals surface area contributed by atoms with Gasteiger partial charge < -0.3 is 9.47 Å². The van der Waals surface area contributed by atoms with Gasteiger partial charge in [0.1, 0.15) is 11.6 Å². The molecule has 5 rings (SSSR count). The molecule has 2 atom stereocenters. The van der Waals surface area contributed by atoms with Gasteiger partial charge >= 0.3 is 0 Å². The molecule has 1 aliphatic carbocycles. The Labute approximate surface area is 257 Å². The van der Waals surface area contributed by atoms with Gasteiger partial charge in [-0.05, 0) is 68.5 Å². The van der Waals surface area contributed by atoms with Crippen LogP contribution in [0.3, 0.4) is 0 Å². The third-order valence-corrected chi connectivity index (χ3v) is 8.05. The zero-order valence-electron chi connectivity index (χ0n) is 25.3. The molecule has 4 aromatic heterocycles. The van der Waals surface area contributed by atoms with Crippen LogP contribution in [-0.4, -0.2) is 56.1 Å². The maximum Gasteiger partial charge on any atom is 0.213 e. The van der Waals surface area contributed by atoms with E-state index in [4.69, 9.17) is 9.47 Å². The Morgan fingerprint density at radius 3 is 1.52 bits per heavy atom. The summed E-state index contributed by atoms with van der Waals surface area (Å²) in [5, 5.41) is 18.0. The zero-order valence-corrected chi connectivity index (χ0v) is 25.3. The van der Waals surface area contributed by atoms with Gasteiger partial charge in [0, 0.05) is 49.7 Å². The second-order valence-corrected chi connectivity index (χ2v) is 11.2. The van der Waals surface area contributed by atoms with Crippen LogP contribution < -0.4 is 9.47 Å². The molecule has 44 heavy (non-hydrogen) atoms. The number of methoxy groups -OCH3 is 2. The van der Waals surface area contributed by atoms with Crippen molar-refractivity contribution >= 4 is 11.6 Å². The van der Waals surface area contributed by atoms with E-state index in [0.29, 0.717) is 60.7 Å². The molecule has 4 heterocycles. The first-order chi connectivity index (χ1) is 21.5. The van der Waals surface area contributed by atoms with Gasteiger partial charge in [0.2, 0.25) is 11.8 Å². The summed E-state index contributed by atoms with van der Waals surface area (Å²) in [5.74, 6) is 1.84. The van der Waals surface area contributed by atoms with Crippen LogP contribution in [0.15, 0.2) is 60.7 Å². The number of Topliss-reactive ketones (excluding diaryl/α,β-unsaturated/α-hetero) is 2. The summed E-state index contributed by atoms with van der Waals surface area (Å²) in [7, 11) is 3.12. The van der Waals surface area contributed by atoms with Crippen LogP contribution in [0.4, 0.5) is 0 Å². The number of nitrogens with zero attached hydrogens (tertiary/aromatic N) is 6. The molecule has 10 nitrogen and oxygen atoms in total. The van der Waals surface area contributed by atoms with Crippen molar-refractivity contribution in [1.29, 1.82) is 0 Å². The van der Waals surface area contributed by atoms with Crippen molar-refractivity contribution in [2.45, 2.75) is 76.0 Å². The first-order valence-electron chi connectivity index (χ1n) is 15.2. The summed E-state index contributed by atoms with van der Waals surface area (Å²) in [6.07, 6.45) is 6.58. The van der Waals surface area contributed by atoms with Crippen LogP contribution in [0.25, 0.3) is 0 Å². The van der Waals surface area contributed by atoms with Crippen LogP contribution in [0.5, 0.6) is 11.8 Å². The third-order valence-electron chi connectivity index (χ3n) is 8.05. The summed E-state index contributed by atoms with van der Waals surface area (Å²) >= 11 is 0. The summed E-state index contributed by atoms with van der Waals surface area (Å²) < 4.78 is 10.3. The minimum absolute atomic E-state index is 0.107. The van der Waals surface area contributed by atoms with Crippen molar-refractivity contribution in [3.05, 3.63) is 94.8 Å². The molecule has 228 valence electrons. The first-order valence-corrected chi connectivity index (χ1v) is 15.2. The van der Waals surface area contributed by atoms with Gasteiger partial charge in [0.15, 0.2) is 0 Å².